The van der Waals surface area contributed by atoms with Gasteiger partial charge in [0, 0.05) is 30.7 Å². The van der Waals surface area contributed by atoms with Gasteiger partial charge in [-0.05, 0) is 53.3 Å². The van der Waals surface area contributed by atoms with E-state index < -0.39 is 10.8 Å². The summed E-state index contributed by atoms with van der Waals surface area (Å²) < 4.78 is 15.6. The van der Waals surface area contributed by atoms with Gasteiger partial charge in [-0.3, -0.25) is 19.7 Å². The fourth-order valence-electron chi connectivity index (χ4n) is 5.13. The average Bonchev–Trinajstić information content (AvgIpc) is 3.86. The molecule has 5 aromatic rings. The van der Waals surface area contributed by atoms with Gasteiger partial charge in [-0.15, -0.1) is 21.5 Å². The second-order valence-electron chi connectivity index (χ2n) is 10.6. The van der Waals surface area contributed by atoms with Crippen LogP contribution in [0.25, 0.3) is 0 Å². The van der Waals surface area contributed by atoms with Crippen LogP contribution in [0.15, 0.2) is 107 Å². The molecule has 6 rings (SSSR count). The first-order chi connectivity index (χ1) is 22.9. The number of carbonyl (C=O) groups is 2. The maximum absolute atomic E-state index is 13.7. The van der Waals surface area contributed by atoms with Gasteiger partial charge in [0.25, 0.3) is 17.5 Å². The molecule has 0 fully saturated rings. The molecule has 0 unspecified atom stereocenters. The fraction of sp³-hybridized carbons (Fsp3) is 0.182. The van der Waals surface area contributed by atoms with Crippen LogP contribution in [0.1, 0.15) is 44.6 Å². The molecule has 1 N–H and O–H groups in total. The Morgan fingerprint density at radius 2 is 1.77 bits per heavy atom. The van der Waals surface area contributed by atoms with Gasteiger partial charge in [-0.25, -0.2) is 9.40 Å². The van der Waals surface area contributed by atoms with Crippen molar-refractivity contribution in [2.45, 2.75) is 37.1 Å². The molecule has 3 heterocycles. The molecule has 0 aliphatic carbocycles. The molecule has 238 valence electrons. The molecule has 1 atom stereocenters. The number of nitro benzene ring substituents is 1. The number of carbonyl (C=O) groups excluding carboxylic acids is 2. The molecule has 0 radical (unpaired) electrons. The number of thioether (sulfide) groups is 1. The topological polar surface area (TPSA) is 136 Å². The highest BCUT2D eigenvalue weighted by molar-refractivity contribution is 7.99. The second kappa shape index (κ2) is 14.5. The molecule has 0 bridgehead atoms. The van der Waals surface area contributed by atoms with E-state index in [0.717, 1.165) is 21.7 Å². The first-order valence-electron chi connectivity index (χ1n) is 14.7. The number of aryl methyl sites for hydroxylation is 1. The van der Waals surface area contributed by atoms with E-state index in [1.165, 1.54) is 53.2 Å². The predicted octanol–water partition coefficient (Wildman–Crippen LogP) is 6.03. The lowest BCUT2D eigenvalue weighted by molar-refractivity contribution is -0.384. The van der Waals surface area contributed by atoms with Crippen LogP contribution >= 0.6 is 23.1 Å². The van der Waals surface area contributed by atoms with Crippen LogP contribution in [0.4, 0.5) is 10.1 Å². The van der Waals surface area contributed by atoms with E-state index in [9.17, 15) is 24.1 Å². The Balaban J connectivity index is 1.18. The molecule has 11 nitrogen and oxygen atoms in total. The monoisotopic (exact) mass is 669 g/mol. The van der Waals surface area contributed by atoms with Crippen molar-refractivity contribution < 1.29 is 18.9 Å². The molecular weight excluding hydrogens is 642 g/mol. The first-order valence-corrected chi connectivity index (χ1v) is 16.5. The smallest absolute Gasteiger partial charge is 0.269 e. The van der Waals surface area contributed by atoms with Crippen molar-refractivity contribution in [2.24, 2.45) is 5.10 Å². The lowest BCUT2D eigenvalue weighted by atomic mass is 10.0. The van der Waals surface area contributed by atoms with Gasteiger partial charge in [0.2, 0.25) is 0 Å². The van der Waals surface area contributed by atoms with Crippen molar-refractivity contribution in [3.05, 3.63) is 140 Å². The van der Waals surface area contributed by atoms with E-state index in [1.807, 2.05) is 52.4 Å². The number of hydrazone groups is 1. The van der Waals surface area contributed by atoms with Gasteiger partial charge < -0.3 is 9.88 Å². The van der Waals surface area contributed by atoms with E-state index in [0.29, 0.717) is 30.4 Å². The summed E-state index contributed by atoms with van der Waals surface area (Å²) in [5.41, 5.74) is 2.85. The minimum absolute atomic E-state index is 0.0253. The zero-order valence-corrected chi connectivity index (χ0v) is 26.5. The number of non-ortho nitro benzene ring substituents is 1. The van der Waals surface area contributed by atoms with Crippen molar-refractivity contribution >= 4 is 46.3 Å². The lowest BCUT2D eigenvalue weighted by Crippen LogP contribution is -2.28. The van der Waals surface area contributed by atoms with Crippen molar-refractivity contribution in [3.63, 3.8) is 0 Å². The van der Waals surface area contributed by atoms with E-state index in [-0.39, 0.29) is 41.3 Å². The number of rotatable bonds is 12. The normalized spacial score (nSPS) is 14.2. The van der Waals surface area contributed by atoms with E-state index >= 15 is 0 Å². The Labute approximate surface area is 277 Å². The number of benzene rings is 3. The molecular formula is C33H28FN7O4S2. The van der Waals surface area contributed by atoms with Crippen LogP contribution in [0.3, 0.4) is 0 Å². The fourth-order valence-corrected chi connectivity index (χ4v) is 6.69. The number of halogens is 1. The quantitative estimate of drug-likeness (QED) is 0.0974. The van der Waals surface area contributed by atoms with Gasteiger partial charge in [0.1, 0.15) is 5.82 Å². The summed E-state index contributed by atoms with van der Waals surface area (Å²) >= 11 is 2.77. The van der Waals surface area contributed by atoms with Gasteiger partial charge in [0.15, 0.2) is 11.0 Å². The third kappa shape index (κ3) is 7.61. The Morgan fingerprint density at radius 1 is 1.00 bits per heavy atom. The minimum Gasteiger partial charge on any atom is -0.345 e. The van der Waals surface area contributed by atoms with Crippen molar-refractivity contribution in [1.29, 1.82) is 0 Å². The Kier molecular flexibility index (Phi) is 9.78. The van der Waals surface area contributed by atoms with E-state index in [2.05, 4.69) is 15.5 Å². The molecule has 1 aliphatic heterocycles. The van der Waals surface area contributed by atoms with Crippen LogP contribution in [0.5, 0.6) is 0 Å². The molecule has 3 aromatic carbocycles. The van der Waals surface area contributed by atoms with E-state index in [1.54, 1.807) is 23.5 Å². The Hall–Kier alpha value is -5.21. The Bertz CT molecular complexity index is 1900. The zero-order chi connectivity index (χ0) is 32.8. The van der Waals surface area contributed by atoms with E-state index in [4.69, 9.17) is 5.10 Å². The molecule has 0 saturated heterocycles. The standard InChI is InChI=1S/C33H28FN7O4S2/c34-25-12-8-23(9-13-25)28-19-27(29-7-4-18-46-29)38-40(28)31(42)21-47-33-37-36-30(39(33)17-16-22-5-2-1-3-6-22)20-35-32(43)24-10-14-26(15-11-24)41(44)45/h1-15,18,28H,16-17,19-21H2,(H,35,43)/t28-/m0/s1. The largest absolute Gasteiger partial charge is 0.345 e. The third-order valence-electron chi connectivity index (χ3n) is 7.56. The molecule has 0 saturated carbocycles. The maximum atomic E-state index is 13.7. The zero-order valence-electron chi connectivity index (χ0n) is 24.9. The minimum atomic E-state index is -0.525. The molecule has 2 aromatic heterocycles. The van der Waals surface area contributed by atoms with Gasteiger partial charge in [0.05, 0.1) is 33.9 Å². The van der Waals surface area contributed by atoms with Gasteiger partial charge in [-0.1, -0.05) is 60.3 Å². The highest BCUT2D eigenvalue weighted by atomic mass is 32.2. The molecule has 47 heavy (non-hydrogen) atoms. The van der Waals surface area contributed by atoms with Crippen LogP contribution in [-0.2, 0) is 24.3 Å². The summed E-state index contributed by atoms with van der Waals surface area (Å²) in [4.78, 5) is 37.9. The predicted molar refractivity (Wildman–Crippen MR) is 177 cm³/mol. The average molecular weight is 670 g/mol. The molecule has 14 heteroatoms. The number of thiophene rings is 1. The Morgan fingerprint density at radius 3 is 2.47 bits per heavy atom. The van der Waals surface area contributed by atoms with Gasteiger partial charge in [-0.2, -0.15) is 5.10 Å². The van der Waals surface area contributed by atoms with Crippen molar-refractivity contribution in [2.75, 3.05) is 5.75 Å². The third-order valence-corrected chi connectivity index (χ3v) is 9.43. The second-order valence-corrected chi connectivity index (χ2v) is 12.5. The summed E-state index contributed by atoms with van der Waals surface area (Å²) in [6.45, 7) is 0.554. The molecule has 1 aliphatic rings. The number of nitrogens with zero attached hydrogens (tertiary/aromatic N) is 6. The maximum Gasteiger partial charge on any atom is 0.269 e. The lowest BCUT2D eigenvalue weighted by Gasteiger charge is -2.22. The number of hydrogen-bond donors (Lipinski definition) is 1. The first kappa shape index (κ1) is 31.8. The SMILES string of the molecule is O=C(NCc1nnc(SCC(=O)N2N=C(c3cccs3)C[C@H]2c2ccc(F)cc2)n1CCc1ccccc1)c1ccc([N+](=O)[O-])cc1. The number of amides is 2. The summed E-state index contributed by atoms with van der Waals surface area (Å²) in [6, 6.07) is 24.9. The summed E-state index contributed by atoms with van der Waals surface area (Å²) in [6.07, 6.45) is 1.17. The summed E-state index contributed by atoms with van der Waals surface area (Å²) in [7, 11) is 0. The number of nitrogens with one attached hydrogen (secondary N) is 1. The summed E-state index contributed by atoms with van der Waals surface area (Å²) in [5, 5.41) is 31.1. The van der Waals surface area contributed by atoms with Crippen molar-refractivity contribution in [1.82, 2.24) is 25.1 Å². The van der Waals surface area contributed by atoms with Crippen LogP contribution in [0.2, 0.25) is 0 Å². The molecule has 0 spiro atoms. The van der Waals surface area contributed by atoms with Crippen LogP contribution in [0, 0.1) is 15.9 Å². The number of hydrogen-bond acceptors (Lipinski definition) is 9. The van der Waals surface area contributed by atoms with Crippen LogP contribution in [-0.4, -0.2) is 48.0 Å². The van der Waals surface area contributed by atoms with Crippen molar-refractivity contribution in [3.8, 4) is 0 Å². The summed E-state index contributed by atoms with van der Waals surface area (Å²) in [5.74, 6) is -0.482. The van der Waals surface area contributed by atoms with Gasteiger partial charge >= 0.3 is 0 Å². The highest BCUT2D eigenvalue weighted by Crippen LogP contribution is 2.35. The molecule has 2 amide bonds. The highest BCUT2D eigenvalue weighted by Gasteiger charge is 2.33. The number of aromatic nitrogens is 3. The van der Waals surface area contributed by atoms with Crippen LogP contribution < -0.4 is 5.32 Å². The number of nitro groups is 1.